The molecule has 4 rings (SSSR count). The molecule has 26 heavy (non-hydrogen) atoms. The summed E-state index contributed by atoms with van der Waals surface area (Å²) in [5.74, 6) is 1.29. The first kappa shape index (κ1) is 17.2. The number of ether oxygens (including phenoxy) is 2. The Bertz CT molecular complexity index is 910. The zero-order valence-corrected chi connectivity index (χ0v) is 16.5. The number of anilines is 1. The standard InChI is InChI=1S/C20H21BrN2O3/c1-20(2)11-8-10(19(22)24)4-6-14(11)23-17-12(20)9-26-18-15(25-3)7-5-13(21)16(17)18/h4-8,12,17,23H,9H2,1-3H3,(H2,22,24). The number of rotatable bonds is 2. The summed E-state index contributed by atoms with van der Waals surface area (Å²) in [6, 6.07) is 9.58. The van der Waals surface area contributed by atoms with Gasteiger partial charge in [-0.25, -0.2) is 0 Å². The van der Waals surface area contributed by atoms with Gasteiger partial charge in [0.1, 0.15) is 0 Å². The second kappa shape index (κ2) is 5.91. The summed E-state index contributed by atoms with van der Waals surface area (Å²) in [4.78, 5) is 11.6. The number of benzene rings is 2. The van der Waals surface area contributed by atoms with Gasteiger partial charge in [0.25, 0.3) is 0 Å². The van der Waals surface area contributed by atoms with Gasteiger partial charge < -0.3 is 20.5 Å². The first-order valence-corrected chi connectivity index (χ1v) is 9.34. The molecule has 0 aromatic heterocycles. The van der Waals surface area contributed by atoms with Gasteiger partial charge in [-0.3, -0.25) is 4.79 Å². The maximum Gasteiger partial charge on any atom is 0.248 e. The predicted octanol–water partition coefficient (Wildman–Crippen LogP) is 4.01. The van der Waals surface area contributed by atoms with Gasteiger partial charge in [0, 0.05) is 32.6 Å². The lowest BCUT2D eigenvalue weighted by atomic mass is 9.65. The van der Waals surface area contributed by atoms with E-state index in [2.05, 4.69) is 35.1 Å². The number of methoxy groups -OCH3 is 1. The van der Waals surface area contributed by atoms with Gasteiger partial charge in [-0.15, -0.1) is 0 Å². The molecule has 5 nitrogen and oxygen atoms in total. The quantitative estimate of drug-likeness (QED) is 0.775. The van der Waals surface area contributed by atoms with E-state index in [-0.39, 0.29) is 17.4 Å². The molecule has 2 heterocycles. The summed E-state index contributed by atoms with van der Waals surface area (Å²) in [7, 11) is 1.65. The second-order valence-corrected chi connectivity index (χ2v) is 8.23. The Kier molecular flexibility index (Phi) is 3.91. The Hall–Kier alpha value is -2.21. The number of hydrogen-bond acceptors (Lipinski definition) is 4. The normalized spacial score (nSPS) is 22.2. The average molecular weight is 417 g/mol. The van der Waals surface area contributed by atoms with Crippen molar-refractivity contribution < 1.29 is 14.3 Å². The summed E-state index contributed by atoms with van der Waals surface area (Å²) < 4.78 is 12.6. The zero-order valence-electron chi connectivity index (χ0n) is 14.9. The van der Waals surface area contributed by atoms with Crippen molar-refractivity contribution in [3.8, 4) is 11.5 Å². The van der Waals surface area contributed by atoms with Crippen molar-refractivity contribution in [3.05, 3.63) is 51.5 Å². The van der Waals surface area contributed by atoms with Gasteiger partial charge in [0.05, 0.1) is 19.8 Å². The van der Waals surface area contributed by atoms with Crippen molar-refractivity contribution in [2.24, 2.45) is 11.7 Å². The molecule has 0 aliphatic carbocycles. The SMILES string of the molecule is COc1ccc(Br)c2c1OCC1C2Nc2ccc(C(N)=O)cc2C1(C)C. The number of nitrogens with two attached hydrogens (primary N) is 1. The van der Waals surface area contributed by atoms with Crippen LogP contribution in [0.15, 0.2) is 34.8 Å². The minimum Gasteiger partial charge on any atom is -0.493 e. The fraction of sp³-hybridized carbons (Fsp3) is 0.350. The molecule has 1 amide bonds. The van der Waals surface area contributed by atoms with Crippen molar-refractivity contribution in [1.82, 2.24) is 0 Å². The first-order chi connectivity index (χ1) is 12.3. The molecule has 0 bridgehead atoms. The van der Waals surface area contributed by atoms with Crippen LogP contribution >= 0.6 is 15.9 Å². The number of primary amides is 1. The van der Waals surface area contributed by atoms with Crippen molar-refractivity contribution in [1.29, 1.82) is 0 Å². The smallest absolute Gasteiger partial charge is 0.248 e. The van der Waals surface area contributed by atoms with E-state index in [0.29, 0.717) is 12.2 Å². The second-order valence-electron chi connectivity index (χ2n) is 7.38. The van der Waals surface area contributed by atoms with Crippen LogP contribution in [-0.2, 0) is 5.41 Å². The van der Waals surface area contributed by atoms with Gasteiger partial charge in [-0.05, 0) is 35.9 Å². The number of carbonyl (C=O) groups excluding carboxylic acids is 1. The van der Waals surface area contributed by atoms with E-state index in [0.717, 1.165) is 32.8 Å². The molecule has 136 valence electrons. The molecule has 2 aliphatic heterocycles. The van der Waals surface area contributed by atoms with Crippen LogP contribution in [0.2, 0.25) is 0 Å². The highest BCUT2D eigenvalue weighted by Gasteiger charge is 2.47. The summed E-state index contributed by atoms with van der Waals surface area (Å²) in [6.07, 6.45) is 0. The van der Waals surface area contributed by atoms with Gasteiger partial charge in [0.15, 0.2) is 11.5 Å². The monoisotopic (exact) mass is 416 g/mol. The Morgan fingerprint density at radius 3 is 2.81 bits per heavy atom. The molecule has 6 heteroatoms. The molecule has 0 fully saturated rings. The molecule has 0 saturated heterocycles. The number of fused-ring (bicyclic) bond motifs is 4. The van der Waals surface area contributed by atoms with E-state index in [9.17, 15) is 4.79 Å². The number of nitrogens with one attached hydrogen (secondary N) is 1. The van der Waals surface area contributed by atoms with Crippen molar-refractivity contribution >= 4 is 27.5 Å². The van der Waals surface area contributed by atoms with Gasteiger partial charge in [-0.2, -0.15) is 0 Å². The zero-order chi connectivity index (χ0) is 18.6. The molecule has 2 aromatic carbocycles. The minimum atomic E-state index is -0.413. The highest BCUT2D eigenvalue weighted by atomic mass is 79.9. The lowest BCUT2D eigenvalue weighted by Gasteiger charge is -2.49. The third kappa shape index (κ3) is 2.39. The van der Waals surface area contributed by atoms with E-state index < -0.39 is 5.91 Å². The van der Waals surface area contributed by atoms with Crippen molar-refractivity contribution in [2.75, 3.05) is 19.0 Å². The minimum absolute atomic E-state index is 0.0742. The van der Waals surface area contributed by atoms with E-state index in [4.69, 9.17) is 15.2 Å². The van der Waals surface area contributed by atoms with Gasteiger partial charge in [-0.1, -0.05) is 29.8 Å². The molecule has 2 aromatic rings. The summed E-state index contributed by atoms with van der Waals surface area (Å²) >= 11 is 3.68. The predicted molar refractivity (Wildman–Crippen MR) is 104 cm³/mol. The number of halogens is 1. The third-order valence-electron chi connectivity index (χ3n) is 5.68. The molecule has 2 unspecified atom stereocenters. The molecule has 0 saturated carbocycles. The van der Waals surface area contributed by atoms with E-state index in [1.54, 1.807) is 13.2 Å². The Balaban J connectivity index is 1.88. The topological polar surface area (TPSA) is 73.6 Å². The Morgan fingerprint density at radius 1 is 1.35 bits per heavy atom. The molecule has 2 atom stereocenters. The Labute approximate surface area is 161 Å². The molecule has 3 N–H and O–H groups in total. The average Bonchev–Trinajstić information content (AvgIpc) is 2.61. The van der Waals surface area contributed by atoms with Crippen LogP contribution < -0.4 is 20.5 Å². The fourth-order valence-corrected chi connectivity index (χ4v) is 4.71. The lowest BCUT2D eigenvalue weighted by molar-refractivity contribution is 0.0999. The van der Waals surface area contributed by atoms with Crippen LogP contribution in [0.3, 0.4) is 0 Å². The van der Waals surface area contributed by atoms with Crippen LogP contribution in [0.5, 0.6) is 11.5 Å². The fourth-order valence-electron chi connectivity index (χ4n) is 4.15. The van der Waals surface area contributed by atoms with Crippen LogP contribution in [0.4, 0.5) is 5.69 Å². The third-order valence-corrected chi connectivity index (χ3v) is 6.38. The lowest BCUT2D eigenvalue weighted by Crippen LogP contribution is -2.46. The van der Waals surface area contributed by atoms with Crippen LogP contribution in [0.25, 0.3) is 0 Å². The molecule has 2 aliphatic rings. The highest BCUT2D eigenvalue weighted by molar-refractivity contribution is 9.10. The van der Waals surface area contributed by atoms with Gasteiger partial charge in [0.2, 0.25) is 5.91 Å². The summed E-state index contributed by atoms with van der Waals surface area (Å²) in [5.41, 5.74) is 8.98. The van der Waals surface area contributed by atoms with Crippen LogP contribution in [0.1, 0.15) is 41.4 Å². The van der Waals surface area contributed by atoms with Crippen molar-refractivity contribution in [3.63, 3.8) is 0 Å². The highest BCUT2D eigenvalue weighted by Crippen LogP contribution is 2.55. The van der Waals surface area contributed by atoms with E-state index >= 15 is 0 Å². The molecule has 0 spiro atoms. The molecule has 0 radical (unpaired) electrons. The van der Waals surface area contributed by atoms with E-state index in [1.807, 2.05) is 24.3 Å². The van der Waals surface area contributed by atoms with E-state index in [1.165, 1.54) is 0 Å². The number of hydrogen-bond donors (Lipinski definition) is 2. The number of carbonyl (C=O) groups is 1. The molecular formula is C20H21BrN2O3. The van der Waals surface area contributed by atoms with Crippen LogP contribution in [-0.4, -0.2) is 19.6 Å². The summed E-state index contributed by atoms with van der Waals surface area (Å²) in [5, 5.41) is 3.65. The number of amides is 1. The summed E-state index contributed by atoms with van der Waals surface area (Å²) in [6.45, 7) is 4.94. The maximum atomic E-state index is 11.6. The maximum absolute atomic E-state index is 11.6. The Morgan fingerprint density at radius 2 is 2.12 bits per heavy atom. The van der Waals surface area contributed by atoms with Crippen molar-refractivity contribution in [2.45, 2.75) is 25.3 Å². The van der Waals surface area contributed by atoms with Crippen LogP contribution in [0, 0.1) is 5.92 Å². The van der Waals surface area contributed by atoms with Gasteiger partial charge >= 0.3 is 0 Å². The first-order valence-electron chi connectivity index (χ1n) is 8.54. The largest absolute Gasteiger partial charge is 0.493 e. The molecular weight excluding hydrogens is 396 g/mol.